The van der Waals surface area contributed by atoms with Crippen LogP contribution >= 0.6 is 0 Å². The molecule has 2 atom stereocenters. The minimum Gasteiger partial charge on any atom is -0.326 e. The molecule has 24 heavy (non-hydrogen) atoms. The largest absolute Gasteiger partial charge is 0.326 e. The summed E-state index contributed by atoms with van der Waals surface area (Å²) in [5.74, 6) is 0.809. The predicted octanol–water partition coefficient (Wildman–Crippen LogP) is 2.33. The fourth-order valence-corrected chi connectivity index (χ4v) is 3.66. The second-order valence-corrected chi connectivity index (χ2v) is 8.49. The summed E-state index contributed by atoms with van der Waals surface area (Å²) in [7, 11) is -3.35. The average molecular weight is 353 g/mol. The molecule has 134 valence electrons. The lowest BCUT2D eigenvalue weighted by Gasteiger charge is -2.28. The monoisotopic (exact) mass is 353 g/mol. The molecule has 3 N–H and O–H groups in total. The van der Waals surface area contributed by atoms with Crippen molar-refractivity contribution in [3.63, 3.8) is 0 Å². The number of sulfonamides is 1. The molecule has 1 saturated heterocycles. The Kier molecular flexibility index (Phi) is 6.23. The summed E-state index contributed by atoms with van der Waals surface area (Å²) < 4.78 is 25.3. The van der Waals surface area contributed by atoms with E-state index in [0.29, 0.717) is 29.6 Å². The van der Waals surface area contributed by atoms with Gasteiger partial charge in [-0.05, 0) is 62.4 Å². The first-order valence-electron chi connectivity index (χ1n) is 8.33. The SMILES string of the molecule is Cc1ccc(NC(=O)CC(C)C2CCCNC2)cc1NS(C)(=O)=O. The standard InChI is InChI=1S/C17H27N3O3S/c1-12-6-7-15(10-16(12)20-24(3,22)23)19-17(21)9-13(2)14-5-4-8-18-11-14/h6-7,10,13-14,18,20H,4-5,8-9,11H2,1-3H3,(H,19,21). The van der Waals surface area contributed by atoms with E-state index in [2.05, 4.69) is 22.3 Å². The third kappa shape index (κ3) is 5.79. The minimum atomic E-state index is -3.35. The van der Waals surface area contributed by atoms with Gasteiger partial charge in [0.05, 0.1) is 11.9 Å². The molecule has 0 aromatic heterocycles. The highest BCUT2D eigenvalue weighted by Gasteiger charge is 2.22. The van der Waals surface area contributed by atoms with Crippen LogP contribution in [0, 0.1) is 18.8 Å². The van der Waals surface area contributed by atoms with Crippen LogP contribution in [0.1, 0.15) is 31.7 Å². The smallest absolute Gasteiger partial charge is 0.229 e. The first kappa shape index (κ1) is 18.7. The maximum absolute atomic E-state index is 12.3. The molecular weight excluding hydrogens is 326 g/mol. The quantitative estimate of drug-likeness (QED) is 0.732. The number of rotatable bonds is 6. The van der Waals surface area contributed by atoms with Gasteiger partial charge >= 0.3 is 0 Å². The molecule has 0 spiro atoms. The highest BCUT2D eigenvalue weighted by Crippen LogP contribution is 2.24. The van der Waals surface area contributed by atoms with E-state index in [1.807, 2.05) is 6.92 Å². The molecule has 1 aliphatic heterocycles. The zero-order chi connectivity index (χ0) is 17.7. The van der Waals surface area contributed by atoms with E-state index in [0.717, 1.165) is 37.8 Å². The summed E-state index contributed by atoms with van der Waals surface area (Å²) in [5.41, 5.74) is 1.89. The lowest BCUT2D eigenvalue weighted by atomic mass is 9.85. The van der Waals surface area contributed by atoms with Crippen molar-refractivity contribution in [2.45, 2.75) is 33.1 Å². The predicted molar refractivity (Wildman–Crippen MR) is 97.6 cm³/mol. The summed E-state index contributed by atoms with van der Waals surface area (Å²) in [6, 6.07) is 5.23. The van der Waals surface area contributed by atoms with E-state index >= 15 is 0 Å². The van der Waals surface area contributed by atoms with Crippen LogP contribution in [-0.2, 0) is 14.8 Å². The first-order chi connectivity index (χ1) is 11.2. The zero-order valence-electron chi connectivity index (χ0n) is 14.6. The Bertz CT molecular complexity index is 682. The number of carbonyl (C=O) groups is 1. The number of aryl methyl sites for hydroxylation is 1. The summed E-state index contributed by atoms with van der Waals surface area (Å²) in [5, 5.41) is 6.25. The second kappa shape index (κ2) is 7.98. The van der Waals surface area contributed by atoms with Gasteiger partial charge in [-0.2, -0.15) is 0 Å². The van der Waals surface area contributed by atoms with Crippen LogP contribution < -0.4 is 15.4 Å². The van der Waals surface area contributed by atoms with Gasteiger partial charge in [-0.3, -0.25) is 9.52 Å². The van der Waals surface area contributed by atoms with Crippen LogP contribution in [0.5, 0.6) is 0 Å². The number of nitrogens with one attached hydrogen (secondary N) is 3. The second-order valence-electron chi connectivity index (χ2n) is 6.74. The molecule has 0 bridgehead atoms. The number of piperidine rings is 1. The molecule has 1 aromatic carbocycles. The van der Waals surface area contributed by atoms with E-state index < -0.39 is 10.0 Å². The minimum absolute atomic E-state index is 0.0396. The molecule has 1 aliphatic rings. The summed E-state index contributed by atoms with van der Waals surface area (Å²) >= 11 is 0. The number of hydrogen-bond donors (Lipinski definition) is 3. The fraction of sp³-hybridized carbons (Fsp3) is 0.588. The van der Waals surface area contributed by atoms with Crippen LogP contribution in [0.15, 0.2) is 18.2 Å². The Morgan fingerprint density at radius 2 is 2.17 bits per heavy atom. The van der Waals surface area contributed by atoms with Crippen molar-refractivity contribution in [3.8, 4) is 0 Å². The molecule has 1 amide bonds. The van der Waals surface area contributed by atoms with Gasteiger partial charge in [-0.1, -0.05) is 13.0 Å². The molecule has 0 saturated carbocycles. The fourth-order valence-electron chi connectivity index (χ4n) is 3.05. The Hall–Kier alpha value is -1.60. The Morgan fingerprint density at radius 1 is 1.42 bits per heavy atom. The highest BCUT2D eigenvalue weighted by molar-refractivity contribution is 7.92. The lowest BCUT2D eigenvalue weighted by molar-refractivity contribution is -0.117. The molecule has 1 fully saturated rings. The summed E-state index contributed by atoms with van der Waals surface area (Å²) in [6.45, 7) is 5.97. The molecule has 0 aliphatic carbocycles. The van der Waals surface area contributed by atoms with Gasteiger partial charge in [-0.15, -0.1) is 0 Å². The molecule has 2 rings (SSSR count). The topological polar surface area (TPSA) is 87.3 Å². The van der Waals surface area contributed by atoms with E-state index in [1.54, 1.807) is 18.2 Å². The van der Waals surface area contributed by atoms with Crippen molar-refractivity contribution in [3.05, 3.63) is 23.8 Å². The van der Waals surface area contributed by atoms with Crippen molar-refractivity contribution in [1.29, 1.82) is 0 Å². The van der Waals surface area contributed by atoms with Crippen molar-refractivity contribution >= 4 is 27.3 Å². The molecule has 1 heterocycles. The van der Waals surface area contributed by atoms with Crippen LogP contribution in [0.2, 0.25) is 0 Å². The highest BCUT2D eigenvalue weighted by atomic mass is 32.2. The van der Waals surface area contributed by atoms with Gasteiger partial charge in [0.2, 0.25) is 15.9 Å². The van der Waals surface area contributed by atoms with Gasteiger partial charge in [0.15, 0.2) is 0 Å². The third-order valence-corrected chi connectivity index (χ3v) is 5.05. The summed E-state index contributed by atoms with van der Waals surface area (Å²) in [6.07, 6.45) is 3.90. The molecule has 0 radical (unpaired) electrons. The molecule has 6 nitrogen and oxygen atoms in total. The van der Waals surface area contributed by atoms with Crippen molar-refractivity contribution < 1.29 is 13.2 Å². The maximum Gasteiger partial charge on any atom is 0.229 e. The number of carbonyl (C=O) groups excluding carboxylic acids is 1. The van der Waals surface area contributed by atoms with Gasteiger partial charge in [0, 0.05) is 12.1 Å². The van der Waals surface area contributed by atoms with Crippen molar-refractivity contribution in [2.75, 3.05) is 29.4 Å². The molecule has 2 unspecified atom stereocenters. The normalized spacial score (nSPS) is 19.5. The Morgan fingerprint density at radius 3 is 2.79 bits per heavy atom. The number of anilines is 2. The van der Waals surface area contributed by atoms with E-state index in [9.17, 15) is 13.2 Å². The number of amides is 1. The number of benzene rings is 1. The lowest BCUT2D eigenvalue weighted by Crippen LogP contribution is -2.34. The average Bonchev–Trinajstić information content (AvgIpc) is 2.50. The maximum atomic E-state index is 12.3. The van der Waals surface area contributed by atoms with E-state index in [4.69, 9.17) is 0 Å². The molecule has 1 aromatic rings. The zero-order valence-corrected chi connectivity index (χ0v) is 15.4. The molecule has 7 heteroatoms. The molecular formula is C17H27N3O3S. The number of hydrogen-bond acceptors (Lipinski definition) is 4. The van der Waals surface area contributed by atoms with Gasteiger partial charge in [0.1, 0.15) is 0 Å². The van der Waals surface area contributed by atoms with Gasteiger partial charge in [-0.25, -0.2) is 8.42 Å². The van der Waals surface area contributed by atoms with Gasteiger partial charge in [0.25, 0.3) is 0 Å². The van der Waals surface area contributed by atoms with Gasteiger partial charge < -0.3 is 10.6 Å². The van der Waals surface area contributed by atoms with Crippen molar-refractivity contribution in [1.82, 2.24) is 5.32 Å². The van der Waals surface area contributed by atoms with Crippen molar-refractivity contribution in [2.24, 2.45) is 11.8 Å². The third-order valence-electron chi connectivity index (χ3n) is 4.46. The van der Waals surface area contributed by atoms with E-state index in [-0.39, 0.29) is 5.91 Å². The Balaban J connectivity index is 1.97. The van der Waals surface area contributed by atoms with Crippen LogP contribution in [0.25, 0.3) is 0 Å². The van der Waals surface area contributed by atoms with Crippen LogP contribution in [-0.4, -0.2) is 33.7 Å². The first-order valence-corrected chi connectivity index (χ1v) is 10.2. The van der Waals surface area contributed by atoms with Crippen LogP contribution in [0.3, 0.4) is 0 Å². The van der Waals surface area contributed by atoms with E-state index in [1.165, 1.54) is 0 Å². The van der Waals surface area contributed by atoms with Crippen LogP contribution in [0.4, 0.5) is 11.4 Å². The summed E-state index contributed by atoms with van der Waals surface area (Å²) in [4.78, 5) is 12.3. The Labute approximate surface area is 144 Å².